The average molecular weight is 247 g/mol. The van der Waals surface area contributed by atoms with Gasteiger partial charge in [-0.15, -0.1) is 11.3 Å². The summed E-state index contributed by atoms with van der Waals surface area (Å²) in [4.78, 5) is 15.5. The Kier molecular flexibility index (Phi) is 3.12. The van der Waals surface area contributed by atoms with Gasteiger partial charge in [0.2, 0.25) is 0 Å². The van der Waals surface area contributed by atoms with Crippen LogP contribution in [0, 0.1) is 17.1 Å². The van der Waals surface area contributed by atoms with E-state index in [9.17, 15) is 9.18 Å². The van der Waals surface area contributed by atoms with Gasteiger partial charge in [-0.3, -0.25) is 10.1 Å². The molecule has 0 aliphatic rings. The third kappa shape index (κ3) is 2.46. The van der Waals surface area contributed by atoms with Crippen molar-refractivity contribution in [3.63, 3.8) is 0 Å². The molecule has 84 valence electrons. The number of hydrogen-bond acceptors (Lipinski definition) is 4. The number of carbonyl (C=O) groups excluding carboxylic acids is 1. The Bertz CT molecular complexity index is 589. The standard InChI is InChI=1S/C11H6FN3OS/c12-9-5-7(6-13)1-2-8(9)10(16)15-11-14-3-4-17-11/h1-5H,(H,14,15,16). The third-order valence-electron chi connectivity index (χ3n) is 2.00. The third-order valence-corrected chi connectivity index (χ3v) is 2.68. The molecule has 0 radical (unpaired) electrons. The first kappa shape index (κ1) is 11.2. The molecule has 1 aromatic carbocycles. The summed E-state index contributed by atoms with van der Waals surface area (Å²) in [6.07, 6.45) is 1.54. The van der Waals surface area contributed by atoms with Crippen LogP contribution in [0.3, 0.4) is 0 Å². The first-order chi connectivity index (χ1) is 8.20. The highest BCUT2D eigenvalue weighted by molar-refractivity contribution is 7.13. The molecule has 1 amide bonds. The van der Waals surface area contributed by atoms with Crippen molar-refractivity contribution in [2.24, 2.45) is 0 Å². The number of nitrogens with one attached hydrogen (secondary N) is 1. The van der Waals surface area contributed by atoms with Crippen LogP contribution in [0.5, 0.6) is 0 Å². The molecule has 0 spiro atoms. The van der Waals surface area contributed by atoms with E-state index in [2.05, 4.69) is 10.3 Å². The Morgan fingerprint density at radius 2 is 2.35 bits per heavy atom. The molecule has 0 aliphatic carbocycles. The molecule has 4 nitrogen and oxygen atoms in total. The molecule has 0 saturated heterocycles. The van der Waals surface area contributed by atoms with Gasteiger partial charge in [-0.2, -0.15) is 5.26 Å². The molecule has 0 aliphatic heterocycles. The van der Waals surface area contributed by atoms with E-state index in [1.165, 1.54) is 29.7 Å². The lowest BCUT2D eigenvalue weighted by Gasteiger charge is -2.02. The van der Waals surface area contributed by atoms with Crippen LogP contribution in [-0.2, 0) is 0 Å². The van der Waals surface area contributed by atoms with Crippen LogP contribution < -0.4 is 5.32 Å². The Balaban J connectivity index is 2.23. The normalized spacial score (nSPS) is 9.65. The Hall–Kier alpha value is -2.26. The van der Waals surface area contributed by atoms with Gasteiger partial charge in [-0.05, 0) is 18.2 Å². The summed E-state index contributed by atoms with van der Waals surface area (Å²) < 4.78 is 13.5. The highest BCUT2D eigenvalue weighted by Gasteiger charge is 2.13. The number of aromatic nitrogens is 1. The Labute approximate surface area is 100 Å². The molecule has 0 unspecified atom stereocenters. The van der Waals surface area contributed by atoms with E-state index >= 15 is 0 Å². The molecule has 0 saturated carbocycles. The van der Waals surface area contributed by atoms with E-state index in [0.29, 0.717) is 5.13 Å². The summed E-state index contributed by atoms with van der Waals surface area (Å²) in [5.74, 6) is -1.31. The average Bonchev–Trinajstić information content (AvgIpc) is 2.81. The molecule has 0 atom stereocenters. The summed E-state index contributed by atoms with van der Waals surface area (Å²) in [5, 5.41) is 13.1. The number of thiazole rings is 1. The van der Waals surface area contributed by atoms with E-state index < -0.39 is 11.7 Å². The fraction of sp³-hybridized carbons (Fsp3) is 0. The zero-order chi connectivity index (χ0) is 12.3. The van der Waals surface area contributed by atoms with Gasteiger partial charge in [0.15, 0.2) is 5.13 Å². The number of anilines is 1. The van der Waals surface area contributed by atoms with Gasteiger partial charge in [-0.1, -0.05) is 0 Å². The number of benzene rings is 1. The maximum absolute atomic E-state index is 13.5. The number of nitrogens with zero attached hydrogens (tertiary/aromatic N) is 2. The van der Waals surface area contributed by atoms with Crippen molar-refractivity contribution in [1.82, 2.24) is 4.98 Å². The monoisotopic (exact) mass is 247 g/mol. The van der Waals surface area contributed by atoms with Gasteiger partial charge in [-0.25, -0.2) is 9.37 Å². The first-order valence-electron chi connectivity index (χ1n) is 4.61. The highest BCUT2D eigenvalue weighted by atomic mass is 32.1. The number of halogens is 1. The number of hydrogen-bond donors (Lipinski definition) is 1. The molecule has 0 bridgehead atoms. The highest BCUT2D eigenvalue weighted by Crippen LogP contribution is 2.15. The van der Waals surface area contributed by atoms with Crippen LogP contribution in [0.25, 0.3) is 0 Å². The topological polar surface area (TPSA) is 65.8 Å². The van der Waals surface area contributed by atoms with Crippen LogP contribution in [0.2, 0.25) is 0 Å². The van der Waals surface area contributed by atoms with Gasteiger partial charge in [0.1, 0.15) is 5.82 Å². The summed E-state index contributed by atoms with van der Waals surface area (Å²) in [7, 11) is 0. The minimum Gasteiger partial charge on any atom is -0.298 e. The van der Waals surface area contributed by atoms with Crippen LogP contribution in [0.15, 0.2) is 29.8 Å². The summed E-state index contributed by atoms with van der Waals surface area (Å²) in [6.45, 7) is 0. The predicted molar refractivity (Wildman–Crippen MR) is 61.2 cm³/mol. The zero-order valence-corrected chi connectivity index (χ0v) is 9.29. The molecule has 17 heavy (non-hydrogen) atoms. The summed E-state index contributed by atoms with van der Waals surface area (Å²) >= 11 is 1.24. The van der Waals surface area contributed by atoms with Crippen molar-refractivity contribution in [1.29, 1.82) is 5.26 Å². The molecule has 1 aromatic heterocycles. The van der Waals surface area contributed by atoms with Crippen molar-refractivity contribution in [3.05, 3.63) is 46.7 Å². The van der Waals surface area contributed by atoms with Gasteiger partial charge in [0, 0.05) is 11.6 Å². The second-order valence-electron chi connectivity index (χ2n) is 3.10. The van der Waals surface area contributed by atoms with Crippen molar-refractivity contribution in [2.75, 3.05) is 5.32 Å². The molecule has 0 fully saturated rings. The SMILES string of the molecule is N#Cc1ccc(C(=O)Nc2nccs2)c(F)c1. The lowest BCUT2D eigenvalue weighted by molar-refractivity contribution is 0.102. The molecule has 2 aromatic rings. The molecule has 1 N–H and O–H groups in total. The second kappa shape index (κ2) is 4.72. The predicted octanol–water partition coefficient (Wildman–Crippen LogP) is 2.41. The fourth-order valence-electron chi connectivity index (χ4n) is 1.22. The Morgan fingerprint density at radius 1 is 1.53 bits per heavy atom. The van der Waals surface area contributed by atoms with Gasteiger partial charge in [0.05, 0.1) is 17.2 Å². The largest absolute Gasteiger partial charge is 0.298 e. The fourth-order valence-corrected chi connectivity index (χ4v) is 1.74. The lowest BCUT2D eigenvalue weighted by atomic mass is 10.1. The van der Waals surface area contributed by atoms with Crippen LogP contribution >= 0.6 is 11.3 Å². The van der Waals surface area contributed by atoms with Gasteiger partial charge in [0.25, 0.3) is 5.91 Å². The Morgan fingerprint density at radius 3 is 2.94 bits per heavy atom. The minimum absolute atomic E-state index is 0.112. The minimum atomic E-state index is -0.724. The maximum Gasteiger partial charge on any atom is 0.260 e. The van der Waals surface area contributed by atoms with Crippen LogP contribution in [0.1, 0.15) is 15.9 Å². The number of nitriles is 1. The second-order valence-corrected chi connectivity index (χ2v) is 3.99. The first-order valence-corrected chi connectivity index (χ1v) is 5.49. The van der Waals surface area contributed by atoms with E-state index in [0.717, 1.165) is 6.07 Å². The summed E-state index contributed by atoms with van der Waals surface area (Å²) in [5.41, 5.74) is 0.0625. The molecule has 6 heteroatoms. The number of amides is 1. The van der Waals surface area contributed by atoms with E-state index in [1.807, 2.05) is 0 Å². The van der Waals surface area contributed by atoms with E-state index in [-0.39, 0.29) is 11.1 Å². The molecule has 2 rings (SSSR count). The lowest BCUT2D eigenvalue weighted by Crippen LogP contribution is -2.13. The molecular weight excluding hydrogens is 241 g/mol. The van der Waals surface area contributed by atoms with Gasteiger partial charge >= 0.3 is 0 Å². The van der Waals surface area contributed by atoms with E-state index in [4.69, 9.17) is 5.26 Å². The van der Waals surface area contributed by atoms with Crippen LogP contribution in [-0.4, -0.2) is 10.9 Å². The molecule has 1 heterocycles. The molecular formula is C11H6FN3OS. The van der Waals surface area contributed by atoms with Crippen molar-refractivity contribution >= 4 is 22.4 Å². The zero-order valence-electron chi connectivity index (χ0n) is 8.48. The smallest absolute Gasteiger partial charge is 0.260 e. The van der Waals surface area contributed by atoms with Crippen molar-refractivity contribution in [2.45, 2.75) is 0 Å². The van der Waals surface area contributed by atoms with E-state index in [1.54, 1.807) is 11.4 Å². The van der Waals surface area contributed by atoms with Crippen molar-refractivity contribution in [3.8, 4) is 6.07 Å². The number of carbonyl (C=O) groups is 1. The summed E-state index contributed by atoms with van der Waals surface area (Å²) in [6, 6.07) is 5.49. The maximum atomic E-state index is 13.5. The van der Waals surface area contributed by atoms with Gasteiger partial charge < -0.3 is 0 Å². The number of rotatable bonds is 2. The van der Waals surface area contributed by atoms with Crippen molar-refractivity contribution < 1.29 is 9.18 Å². The quantitative estimate of drug-likeness (QED) is 0.886. The van der Waals surface area contributed by atoms with Crippen LogP contribution in [0.4, 0.5) is 9.52 Å².